The van der Waals surface area contributed by atoms with E-state index in [-0.39, 0.29) is 23.1 Å². The highest BCUT2D eigenvalue weighted by molar-refractivity contribution is 5.92. The Bertz CT molecular complexity index is 936. The number of aromatic amines is 1. The highest BCUT2D eigenvalue weighted by atomic mass is 16.5. The highest BCUT2D eigenvalue weighted by Crippen LogP contribution is 2.31. The predicted octanol–water partition coefficient (Wildman–Crippen LogP) is 3.24. The second-order valence-electron chi connectivity index (χ2n) is 7.12. The van der Waals surface area contributed by atoms with Crippen LogP contribution in [0.15, 0.2) is 34.9 Å². The lowest BCUT2D eigenvalue weighted by atomic mass is 9.85. The van der Waals surface area contributed by atoms with E-state index in [1.165, 1.54) is 0 Å². The molecule has 4 rings (SSSR count). The van der Waals surface area contributed by atoms with Crippen LogP contribution in [0.5, 0.6) is 0 Å². The number of nitrogens with one attached hydrogen (secondary N) is 2. The van der Waals surface area contributed by atoms with E-state index in [2.05, 4.69) is 27.6 Å². The molecule has 1 fully saturated rings. The van der Waals surface area contributed by atoms with Crippen LogP contribution < -0.4 is 5.32 Å². The summed E-state index contributed by atoms with van der Waals surface area (Å²) in [7, 11) is 0. The third kappa shape index (κ3) is 2.82. The molecule has 1 aromatic carbocycles. The SMILES string of the molecule is Cc1cc2cc(C(C)NC(=O)c3cc(C4(C)COC4)no3)ccc2[nH]1. The molecule has 1 aliphatic rings. The molecule has 1 saturated heterocycles. The van der Waals surface area contributed by atoms with Gasteiger partial charge in [0.05, 0.1) is 30.4 Å². The minimum absolute atomic E-state index is 0.136. The van der Waals surface area contributed by atoms with Gasteiger partial charge in [0.15, 0.2) is 0 Å². The summed E-state index contributed by atoms with van der Waals surface area (Å²) in [5.41, 5.74) is 3.87. The van der Waals surface area contributed by atoms with Crippen molar-refractivity contribution < 1.29 is 14.1 Å². The molecule has 2 aromatic heterocycles. The maximum atomic E-state index is 12.5. The third-order valence-electron chi connectivity index (χ3n) is 4.82. The van der Waals surface area contributed by atoms with Crippen molar-refractivity contribution in [2.45, 2.75) is 32.2 Å². The number of benzene rings is 1. The van der Waals surface area contributed by atoms with Gasteiger partial charge < -0.3 is 19.6 Å². The van der Waals surface area contributed by atoms with E-state index in [0.717, 1.165) is 27.9 Å². The molecule has 1 amide bonds. The average Bonchev–Trinajstić information content (AvgIpc) is 3.17. The maximum Gasteiger partial charge on any atom is 0.290 e. The molecule has 130 valence electrons. The minimum Gasteiger partial charge on any atom is -0.379 e. The first-order chi connectivity index (χ1) is 11.9. The Morgan fingerprint density at radius 1 is 1.32 bits per heavy atom. The van der Waals surface area contributed by atoms with E-state index < -0.39 is 0 Å². The average molecular weight is 339 g/mol. The van der Waals surface area contributed by atoms with Gasteiger partial charge in [0.25, 0.3) is 5.91 Å². The largest absolute Gasteiger partial charge is 0.379 e. The van der Waals surface area contributed by atoms with E-state index in [0.29, 0.717) is 13.2 Å². The number of carbonyl (C=O) groups is 1. The van der Waals surface area contributed by atoms with Crippen LogP contribution in [0.25, 0.3) is 10.9 Å². The van der Waals surface area contributed by atoms with Crippen LogP contribution in [0.3, 0.4) is 0 Å². The molecule has 2 N–H and O–H groups in total. The van der Waals surface area contributed by atoms with Crippen LogP contribution in [-0.4, -0.2) is 29.3 Å². The monoisotopic (exact) mass is 339 g/mol. The van der Waals surface area contributed by atoms with Crippen LogP contribution in [0.1, 0.15) is 47.4 Å². The number of aryl methyl sites for hydroxylation is 1. The van der Waals surface area contributed by atoms with Crippen LogP contribution in [0.2, 0.25) is 0 Å². The van der Waals surface area contributed by atoms with Crippen LogP contribution >= 0.6 is 0 Å². The molecule has 1 unspecified atom stereocenters. The summed E-state index contributed by atoms with van der Waals surface area (Å²) in [6.07, 6.45) is 0. The summed E-state index contributed by atoms with van der Waals surface area (Å²) < 4.78 is 10.5. The molecule has 0 saturated carbocycles. The van der Waals surface area contributed by atoms with Crippen LogP contribution in [-0.2, 0) is 10.2 Å². The molecule has 0 radical (unpaired) electrons. The maximum absolute atomic E-state index is 12.5. The second kappa shape index (κ2) is 5.74. The first kappa shape index (κ1) is 15.9. The molecule has 0 spiro atoms. The summed E-state index contributed by atoms with van der Waals surface area (Å²) in [5.74, 6) is -0.0334. The number of amides is 1. The van der Waals surface area contributed by atoms with Crippen molar-refractivity contribution in [3.63, 3.8) is 0 Å². The van der Waals surface area contributed by atoms with Crippen molar-refractivity contribution in [2.24, 2.45) is 0 Å². The molecule has 3 aromatic rings. The van der Waals surface area contributed by atoms with Crippen LogP contribution in [0, 0.1) is 6.92 Å². The Morgan fingerprint density at radius 2 is 2.12 bits per heavy atom. The molecule has 0 aliphatic carbocycles. The second-order valence-corrected chi connectivity index (χ2v) is 7.12. The number of carbonyl (C=O) groups excluding carboxylic acids is 1. The number of hydrogen-bond donors (Lipinski definition) is 2. The molecule has 1 atom stereocenters. The number of hydrogen-bond acceptors (Lipinski definition) is 4. The molecule has 25 heavy (non-hydrogen) atoms. The fourth-order valence-corrected chi connectivity index (χ4v) is 3.14. The van der Waals surface area contributed by atoms with Gasteiger partial charge in [-0.15, -0.1) is 0 Å². The molecule has 0 bridgehead atoms. The topological polar surface area (TPSA) is 80.2 Å². The van der Waals surface area contributed by atoms with E-state index in [9.17, 15) is 4.79 Å². The standard InChI is InChI=1S/C19H21N3O3/c1-11-6-14-7-13(4-5-15(14)20-11)12(2)21-18(23)16-8-17(22-25-16)19(3)9-24-10-19/h4-8,12,20H,9-10H2,1-3H3,(H,21,23). The van der Waals surface area contributed by atoms with Crippen LogP contribution in [0.4, 0.5) is 0 Å². The van der Waals surface area contributed by atoms with Gasteiger partial charge >= 0.3 is 0 Å². The molecule has 1 aliphatic heterocycles. The highest BCUT2D eigenvalue weighted by Gasteiger charge is 2.38. The molecule has 3 heterocycles. The Labute approximate surface area is 145 Å². The number of aromatic nitrogens is 2. The number of H-pyrrole nitrogens is 1. The summed E-state index contributed by atoms with van der Waals surface area (Å²) in [6, 6.07) is 9.80. The van der Waals surface area contributed by atoms with E-state index in [1.54, 1.807) is 6.07 Å². The normalized spacial score (nSPS) is 17.2. The van der Waals surface area contributed by atoms with Gasteiger partial charge in [-0.25, -0.2) is 0 Å². The van der Waals surface area contributed by atoms with Gasteiger partial charge in [-0.1, -0.05) is 11.2 Å². The molecule has 6 nitrogen and oxygen atoms in total. The van der Waals surface area contributed by atoms with Crippen molar-refractivity contribution in [3.05, 3.63) is 53.0 Å². The van der Waals surface area contributed by atoms with Crippen molar-refractivity contribution >= 4 is 16.8 Å². The fraction of sp³-hybridized carbons (Fsp3) is 0.368. The lowest BCUT2D eigenvalue weighted by molar-refractivity contribution is -0.0532. The predicted molar refractivity (Wildman–Crippen MR) is 93.6 cm³/mol. The van der Waals surface area contributed by atoms with Crippen molar-refractivity contribution in [3.8, 4) is 0 Å². The fourth-order valence-electron chi connectivity index (χ4n) is 3.14. The van der Waals surface area contributed by atoms with E-state index in [4.69, 9.17) is 9.26 Å². The number of rotatable bonds is 4. The zero-order chi connectivity index (χ0) is 17.6. The van der Waals surface area contributed by atoms with Crippen molar-refractivity contribution in [2.75, 3.05) is 13.2 Å². The van der Waals surface area contributed by atoms with Gasteiger partial charge in [-0.05, 0) is 49.9 Å². The first-order valence-corrected chi connectivity index (χ1v) is 8.40. The smallest absolute Gasteiger partial charge is 0.290 e. The number of nitrogens with zero attached hydrogens (tertiary/aromatic N) is 1. The number of ether oxygens (including phenoxy) is 1. The van der Waals surface area contributed by atoms with E-state index >= 15 is 0 Å². The Hall–Kier alpha value is -2.60. The van der Waals surface area contributed by atoms with E-state index in [1.807, 2.05) is 32.9 Å². The first-order valence-electron chi connectivity index (χ1n) is 8.40. The Kier molecular flexibility index (Phi) is 3.65. The zero-order valence-electron chi connectivity index (χ0n) is 14.6. The summed E-state index contributed by atoms with van der Waals surface area (Å²) >= 11 is 0. The summed E-state index contributed by atoms with van der Waals surface area (Å²) in [6.45, 7) is 7.24. The molecular formula is C19H21N3O3. The number of fused-ring (bicyclic) bond motifs is 1. The summed E-state index contributed by atoms with van der Waals surface area (Å²) in [5, 5.41) is 8.14. The lowest BCUT2D eigenvalue weighted by Gasteiger charge is -2.35. The lowest BCUT2D eigenvalue weighted by Crippen LogP contribution is -2.44. The zero-order valence-corrected chi connectivity index (χ0v) is 14.6. The van der Waals surface area contributed by atoms with Gasteiger partial charge in [0.1, 0.15) is 0 Å². The van der Waals surface area contributed by atoms with Gasteiger partial charge in [-0.3, -0.25) is 4.79 Å². The van der Waals surface area contributed by atoms with Crippen molar-refractivity contribution in [1.29, 1.82) is 0 Å². The van der Waals surface area contributed by atoms with Gasteiger partial charge in [0.2, 0.25) is 5.76 Å². The molecule has 6 heteroatoms. The van der Waals surface area contributed by atoms with Gasteiger partial charge in [-0.2, -0.15) is 0 Å². The Balaban J connectivity index is 1.49. The Morgan fingerprint density at radius 3 is 2.84 bits per heavy atom. The van der Waals surface area contributed by atoms with Gasteiger partial charge in [0, 0.05) is 17.3 Å². The minimum atomic E-state index is -0.263. The van der Waals surface area contributed by atoms with Crippen molar-refractivity contribution in [1.82, 2.24) is 15.5 Å². The summed E-state index contributed by atoms with van der Waals surface area (Å²) in [4.78, 5) is 15.8. The molecular weight excluding hydrogens is 318 g/mol. The quantitative estimate of drug-likeness (QED) is 0.765. The third-order valence-corrected chi connectivity index (χ3v) is 4.82.